The lowest BCUT2D eigenvalue weighted by atomic mass is 9.98. The molecule has 0 spiro atoms. The van der Waals surface area contributed by atoms with E-state index >= 15 is 0 Å². The highest BCUT2D eigenvalue weighted by molar-refractivity contribution is 6.05. The summed E-state index contributed by atoms with van der Waals surface area (Å²) in [5, 5.41) is 6.06. The largest absolute Gasteiger partial charge is 0.322 e. The molecule has 5 rings (SSSR count). The third-order valence-corrected chi connectivity index (χ3v) is 7.09. The highest BCUT2D eigenvalue weighted by Gasteiger charge is 2.39. The molecule has 3 aliphatic rings. The smallest absolute Gasteiger partial charge is 0.255 e. The number of hydrogen-bond acceptors (Lipinski definition) is 4. The van der Waals surface area contributed by atoms with Crippen molar-refractivity contribution in [2.45, 2.75) is 63.7 Å². The van der Waals surface area contributed by atoms with Crippen LogP contribution in [0.2, 0.25) is 0 Å². The van der Waals surface area contributed by atoms with Crippen LogP contribution in [0.25, 0.3) is 0 Å². The van der Waals surface area contributed by atoms with Crippen LogP contribution in [0.3, 0.4) is 0 Å². The lowest BCUT2D eigenvalue weighted by molar-refractivity contribution is -0.136. The Hall–Kier alpha value is -2.99. The zero-order valence-electron chi connectivity index (χ0n) is 18.2. The first-order chi connectivity index (χ1) is 15.6. The Bertz CT molecular complexity index is 1040. The summed E-state index contributed by atoms with van der Waals surface area (Å²) < 4.78 is 0. The predicted octanol–water partition coefficient (Wildman–Crippen LogP) is 2.95. The molecule has 2 aromatic carbocycles. The van der Waals surface area contributed by atoms with Crippen LogP contribution in [-0.4, -0.2) is 34.7 Å². The minimum Gasteiger partial charge on any atom is -0.322 e. The van der Waals surface area contributed by atoms with Crippen molar-refractivity contribution in [1.82, 2.24) is 15.5 Å². The summed E-state index contributed by atoms with van der Waals surface area (Å²) in [5.41, 5.74) is 4.21. The molecular weight excluding hydrogens is 402 g/mol. The van der Waals surface area contributed by atoms with E-state index in [1.54, 1.807) is 4.90 Å². The molecule has 1 aliphatic carbocycles. The van der Waals surface area contributed by atoms with Gasteiger partial charge in [-0.2, -0.15) is 0 Å². The molecule has 3 atom stereocenters. The van der Waals surface area contributed by atoms with Gasteiger partial charge >= 0.3 is 0 Å². The zero-order valence-corrected chi connectivity index (χ0v) is 18.2. The molecule has 0 aromatic heterocycles. The van der Waals surface area contributed by atoms with E-state index < -0.39 is 6.04 Å². The number of amides is 3. The van der Waals surface area contributed by atoms with Crippen molar-refractivity contribution in [3.8, 4) is 0 Å². The van der Waals surface area contributed by atoms with E-state index in [4.69, 9.17) is 0 Å². The molecule has 2 N–H and O–H groups in total. The molecule has 6 heteroatoms. The predicted molar refractivity (Wildman–Crippen MR) is 121 cm³/mol. The van der Waals surface area contributed by atoms with E-state index in [1.165, 1.54) is 24.8 Å². The normalized spacial score (nSPS) is 25.2. The minimum absolute atomic E-state index is 0.117. The molecule has 166 valence electrons. The monoisotopic (exact) mass is 431 g/mol. The zero-order chi connectivity index (χ0) is 22.1. The number of nitrogens with one attached hydrogen (secondary N) is 2. The summed E-state index contributed by atoms with van der Waals surface area (Å²) in [7, 11) is 0. The molecule has 32 heavy (non-hydrogen) atoms. The Labute approximate surface area is 188 Å². The number of carbonyl (C=O) groups excluding carboxylic acids is 3. The lowest BCUT2D eigenvalue weighted by Crippen LogP contribution is -2.52. The third-order valence-electron chi connectivity index (χ3n) is 7.09. The van der Waals surface area contributed by atoms with Crippen LogP contribution >= 0.6 is 0 Å². The Balaban J connectivity index is 1.16. The maximum Gasteiger partial charge on any atom is 0.255 e. The van der Waals surface area contributed by atoms with Crippen molar-refractivity contribution < 1.29 is 14.4 Å². The van der Waals surface area contributed by atoms with Gasteiger partial charge in [0.15, 0.2) is 0 Å². The van der Waals surface area contributed by atoms with Gasteiger partial charge in [0.1, 0.15) is 6.04 Å². The third kappa shape index (κ3) is 4.32. The average Bonchev–Trinajstić information content (AvgIpc) is 3.37. The summed E-state index contributed by atoms with van der Waals surface area (Å²) >= 11 is 0. The number of hydrogen-bond donors (Lipinski definition) is 2. The molecule has 3 unspecified atom stereocenters. The number of benzene rings is 2. The van der Waals surface area contributed by atoms with Gasteiger partial charge in [-0.3, -0.25) is 19.7 Å². The van der Waals surface area contributed by atoms with Crippen molar-refractivity contribution in [3.63, 3.8) is 0 Å². The van der Waals surface area contributed by atoms with Crippen LogP contribution in [-0.2, 0) is 29.1 Å². The van der Waals surface area contributed by atoms with E-state index in [0.717, 1.165) is 30.0 Å². The molecule has 2 fully saturated rings. The second-order valence-electron chi connectivity index (χ2n) is 9.34. The van der Waals surface area contributed by atoms with E-state index in [2.05, 4.69) is 47.0 Å². The van der Waals surface area contributed by atoms with Gasteiger partial charge < -0.3 is 10.2 Å². The minimum atomic E-state index is -0.561. The molecule has 2 aliphatic heterocycles. The molecular formula is C26H29N3O3. The van der Waals surface area contributed by atoms with Crippen molar-refractivity contribution in [3.05, 3.63) is 70.8 Å². The quantitative estimate of drug-likeness (QED) is 0.690. The topological polar surface area (TPSA) is 78.5 Å². The van der Waals surface area contributed by atoms with E-state index in [0.29, 0.717) is 24.6 Å². The van der Waals surface area contributed by atoms with Gasteiger partial charge in [-0.05, 0) is 60.8 Å². The van der Waals surface area contributed by atoms with Gasteiger partial charge in [-0.1, -0.05) is 42.5 Å². The first-order valence-electron chi connectivity index (χ1n) is 11.6. The fourth-order valence-electron chi connectivity index (χ4n) is 5.39. The van der Waals surface area contributed by atoms with Crippen molar-refractivity contribution in [2.75, 3.05) is 0 Å². The SMILES string of the molecule is O=C1CCC(N2Cc3cc(CNC4CCC(Cc5ccccc5)C4)ccc3C2=O)C(=O)N1. The highest BCUT2D eigenvalue weighted by atomic mass is 16.2. The maximum absolute atomic E-state index is 12.8. The molecule has 1 saturated heterocycles. The van der Waals surface area contributed by atoms with Gasteiger partial charge in [0, 0.05) is 31.1 Å². The van der Waals surface area contributed by atoms with E-state index in [1.807, 2.05) is 12.1 Å². The van der Waals surface area contributed by atoms with Gasteiger partial charge in [-0.25, -0.2) is 0 Å². The van der Waals surface area contributed by atoms with Crippen LogP contribution < -0.4 is 10.6 Å². The van der Waals surface area contributed by atoms with E-state index in [9.17, 15) is 14.4 Å². The molecule has 2 heterocycles. The Morgan fingerprint density at radius 2 is 1.81 bits per heavy atom. The van der Waals surface area contributed by atoms with Gasteiger partial charge in [0.2, 0.25) is 11.8 Å². The van der Waals surface area contributed by atoms with Crippen molar-refractivity contribution in [2.24, 2.45) is 5.92 Å². The van der Waals surface area contributed by atoms with E-state index in [-0.39, 0.29) is 24.1 Å². The summed E-state index contributed by atoms with van der Waals surface area (Å²) in [6.07, 6.45) is 5.47. The van der Waals surface area contributed by atoms with Crippen molar-refractivity contribution in [1.29, 1.82) is 0 Å². The summed E-state index contributed by atoms with van der Waals surface area (Å²) in [4.78, 5) is 38.1. The van der Waals surface area contributed by atoms with Gasteiger partial charge in [0.05, 0.1) is 0 Å². The standard InChI is InChI=1S/C26H29N3O3/c30-24-11-10-23(25(31)28-24)29-16-20-13-19(7-9-22(20)26(29)32)15-27-21-8-6-18(14-21)12-17-4-2-1-3-5-17/h1-5,7,9,13,18,21,23,27H,6,8,10-12,14-16H2,(H,28,30,31). The number of carbonyl (C=O) groups is 3. The Morgan fingerprint density at radius 1 is 0.969 bits per heavy atom. The number of nitrogens with zero attached hydrogens (tertiary/aromatic N) is 1. The van der Waals surface area contributed by atoms with Crippen molar-refractivity contribution >= 4 is 17.7 Å². The molecule has 6 nitrogen and oxygen atoms in total. The first kappa shape index (κ1) is 20.9. The van der Waals surface area contributed by atoms with Crippen LogP contribution in [0.4, 0.5) is 0 Å². The fraction of sp³-hybridized carbons (Fsp3) is 0.423. The number of rotatable bonds is 6. The van der Waals surface area contributed by atoms with Crippen LogP contribution in [0.5, 0.6) is 0 Å². The molecule has 2 aromatic rings. The second kappa shape index (κ2) is 8.87. The van der Waals surface area contributed by atoms with Crippen LogP contribution in [0.15, 0.2) is 48.5 Å². The molecule has 1 saturated carbocycles. The molecule has 0 bridgehead atoms. The maximum atomic E-state index is 12.8. The Morgan fingerprint density at radius 3 is 2.62 bits per heavy atom. The highest BCUT2D eigenvalue weighted by Crippen LogP contribution is 2.30. The fourth-order valence-corrected chi connectivity index (χ4v) is 5.39. The Kier molecular flexibility index (Phi) is 5.79. The molecule has 3 amide bonds. The van der Waals surface area contributed by atoms with Crippen LogP contribution in [0.1, 0.15) is 59.2 Å². The summed E-state index contributed by atoms with van der Waals surface area (Å²) in [6, 6.07) is 16.7. The first-order valence-corrected chi connectivity index (χ1v) is 11.6. The average molecular weight is 432 g/mol. The number of piperidine rings is 1. The summed E-state index contributed by atoms with van der Waals surface area (Å²) in [6.45, 7) is 1.21. The van der Waals surface area contributed by atoms with Gasteiger partial charge in [-0.15, -0.1) is 0 Å². The summed E-state index contributed by atoms with van der Waals surface area (Å²) in [5.74, 6) is -0.0135. The number of imide groups is 1. The van der Waals surface area contributed by atoms with Gasteiger partial charge in [0.25, 0.3) is 5.91 Å². The lowest BCUT2D eigenvalue weighted by Gasteiger charge is -2.29. The second-order valence-corrected chi connectivity index (χ2v) is 9.34. The van der Waals surface area contributed by atoms with Crippen LogP contribution in [0, 0.1) is 5.92 Å². The molecule has 0 radical (unpaired) electrons. The number of fused-ring (bicyclic) bond motifs is 1.